The molecule has 8 heteroatoms. The summed E-state index contributed by atoms with van der Waals surface area (Å²) in [5, 5.41) is 0. The number of rotatable bonds is 6. The third-order valence-electron chi connectivity index (χ3n) is 5.24. The molecule has 0 bridgehead atoms. The van der Waals surface area contributed by atoms with Gasteiger partial charge in [-0.3, -0.25) is 4.90 Å². The fraction of sp³-hybridized carbons (Fsp3) is 0.429. The molecule has 0 aromatic heterocycles. The number of benzene rings is 2. The Morgan fingerprint density at radius 2 is 1.86 bits per heavy atom. The van der Waals surface area contributed by atoms with Crippen molar-refractivity contribution in [1.29, 1.82) is 0 Å². The van der Waals surface area contributed by atoms with Crippen LogP contribution in [-0.4, -0.2) is 64.0 Å². The van der Waals surface area contributed by atoms with E-state index in [1.807, 2.05) is 47.2 Å². The highest BCUT2D eigenvalue weighted by Gasteiger charge is 2.58. The number of likely N-dealkylation sites (N-methyl/N-ethyl adjacent to an activating group) is 1. The van der Waals surface area contributed by atoms with Crippen molar-refractivity contribution < 1.29 is 21.5 Å². The molecule has 2 heterocycles. The van der Waals surface area contributed by atoms with Gasteiger partial charge < -0.3 is 4.74 Å². The van der Waals surface area contributed by atoms with Gasteiger partial charge in [-0.05, 0) is 31.2 Å². The summed E-state index contributed by atoms with van der Waals surface area (Å²) in [7, 11) is -1.97. The molecular formula is C21H26N2O5S. The van der Waals surface area contributed by atoms with Crippen molar-refractivity contribution in [3.8, 4) is 5.75 Å². The van der Waals surface area contributed by atoms with Crippen LogP contribution in [0.4, 0.5) is 0 Å². The van der Waals surface area contributed by atoms with Crippen molar-refractivity contribution in [3.05, 3.63) is 65.2 Å². The molecule has 0 saturated carbocycles. The summed E-state index contributed by atoms with van der Waals surface area (Å²) in [6.45, 7) is 4.79. The molecule has 2 saturated heterocycles. The van der Waals surface area contributed by atoms with Crippen molar-refractivity contribution in [2.75, 3.05) is 39.8 Å². The summed E-state index contributed by atoms with van der Waals surface area (Å²) in [5.41, 5.74) is 3.54. The van der Waals surface area contributed by atoms with Gasteiger partial charge in [0, 0.05) is 26.1 Å². The highest BCUT2D eigenvalue weighted by molar-refractivity contribution is 7.82. The van der Waals surface area contributed by atoms with Crippen LogP contribution in [0.3, 0.4) is 0 Å². The molecule has 0 radical (unpaired) electrons. The maximum absolute atomic E-state index is 11.4. The van der Waals surface area contributed by atoms with Crippen molar-refractivity contribution >= 4 is 10.4 Å². The lowest BCUT2D eigenvalue weighted by molar-refractivity contribution is -0.301. The number of nitrogens with zero attached hydrogens (tertiary/aromatic N) is 2. The van der Waals surface area contributed by atoms with Crippen molar-refractivity contribution in [3.63, 3.8) is 0 Å². The average Bonchev–Trinajstić information content (AvgIpc) is 2.64. The van der Waals surface area contributed by atoms with E-state index in [9.17, 15) is 8.42 Å². The van der Waals surface area contributed by atoms with E-state index in [0.29, 0.717) is 26.2 Å². The molecule has 0 unspecified atom stereocenters. The Hall–Kier alpha value is -1.97. The van der Waals surface area contributed by atoms with Crippen LogP contribution in [0, 0.1) is 6.92 Å². The summed E-state index contributed by atoms with van der Waals surface area (Å²) >= 11 is 0. The molecule has 4 rings (SSSR count). The van der Waals surface area contributed by atoms with E-state index in [2.05, 4.69) is 25.1 Å². The van der Waals surface area contributed by atoms with Crippen LogP contribution in [0.15, 0.2) is 48.5 Å². The monoisotopic (exact) mass is 418 g/mol. The van der Waals surface area contributed by atoms with Gasteiger partial charge in [-0.2, -0.15) is 16.8 Å². The fourth-order valence-electron chi connectivity index (χ4n) is 3.82. The highest BCUT2D eigenvalue weighted by atomic mass is 32.3. The van der Waals surface area contributed by atoms with E-state index in [-0.39, 0.29) is 0 Å². The molecule has 2 aromatic rings. The summed E-state index contributed by atoms with van der Waals surface area (Å²) in [5.74, 6) is -0.388. The van der Waals surface area contributed by atoms with Crippen LogP contribution in [-0.2, 0) is 25.2 Å². The molecule has 29 heavy (non-hydrogen) atoms. The van der Waals surface area contributed by atoms with Crippen LogP contribution in [0.1, 0.15) is 16.7 Å². The van der Waals surface area contributed by atoms with E-state index < -0.39 is 16.3 Å². The molecule has 0 N–H and O–H groups in total. The highest BCUT2D eigenvalue weighted by Crippen LogP contribution is 2.36. The van der Waals surface area contributed by atoms with Gasteiger partial charge in [0.2, 0.25) is 0 Å². The van der Waals surface area contributed by atoms with Gasteiger partial charge in [0.1, 0.15) is 12.4 Å². The Morgan fingerprint density at radius 3 is 2.59 bits per heavy atom. The van der Waals surface area contributed by atoms with Gasteiger partial charge in [0.25, 0.3) is 5.91 Å². The molecule has 0 amide bonds. The maximum atomic E-state index is 11.4. The zero-order chi connectivity index (χ0) is 20.5. The quantitative estimate of drug-likeness (QED) is 0.712. The lowest BCUT2D eigenvalue weighted by Crippen LogP contribution is -2.71. The Morgan fingerprint density at radius 1 is 1.10 bits per heavy atom. The first-order chi connectivity index (χ1) is 13.9. The zero-order valence-corrected chi connectivity index (χ0v) is 17.5. The number of aryl methyl sites for hydroxylation is 1. The van der Waals surface area contributed by atoms with Crippen molar-refractivity contribution in [2.45, 2.75) is 19.3 Å². The summed E-state index contributed by atoms with van der Waals surface area (Å²) < 4.78 is 39.2. The van der Waals surface area contributed by atoms with E-state index in [1.165, 1.54) is 11.1 Å². The van der Waals surface area contributed by atoms with Gasteiger partial charge in [0.15, 0.2) is 0 Å². The molecular weight excluding hydrogens is 392 g/mol. The molecule has 1 spiro atoms. The molecule has 156 valence electrons. The van der Waals surface area contributed by atoms with Crippen LogP contribution < -0.4 is 4.74 Å². The largest absolute Gasteiger partial charge is 0.492 e. The maximum Gasteiger partial charge on any atom is 0.407 e. The normalized spacial score (nSPS) is 21.0. The molecule has 2 fully saturated rings. The topological polar surface area (TPSA) is 68.3 Å². The third-order valence-corrected chi connectivity index (χ3v) is 6.17. The summed E-state index contributed by atoms with van der Waals surface area (Å²) in [6.07, 6.45) is 0.792. The molecule has 7 nitrogen and oxygen atoms in total. The molecule has 0 atom stereocenters. The Bertz CT molecular complexity index is 952. The first-order valence-corrected chi connectivity index (χ1v) is 11.0. The number of hydrogen-bond acceptors (Lipinski definition) is 7. The first kappa shape index (κ1) is 20.3. The molecule has 2 aliphatic heterocycles. The third kappa shape index (κ3) is 4.62. The average molecular weight is 419 g/mol. The Kier molecular flexibility index (Phi) is 5.63. The second-order valence-corrected chi connectivity index (χ2v) is 8.78. The van der Waals surface area contributed by atoms with Crippen LogP contribution >= 0.6 is 0 Å². The van der Waals surface area contributed by atoms with Gasteiger partial charge >= 0.3 is 10.4 Å². The van der Waals surface area contributed by atoms with Gasteiger partial charge in [0.05, 0.1) is 6.54 Å². The smallest absolute Gasteiger partial charge is 0.407 e. The Balaban J connectivity index is 1.41. The summed E-state index contributed by atoms with van der Waals surface area (Å²) in [6, 6.07) is 16.5. The molecule has 0 aliphatic carbocycles. The predicted octanol–water partition coefficient (Wildman–Crippen LogP) is 2.16. The Labute approximate surface area is 172 Å². The first-order valence-electron chi connectivity index (χ1n) is 9.71. The van der Waals surface area contributed by atoms with Gasteiger partial charge in [-0.1, -0.05) is 48.0 Å². The lowest BCUT2D eigenvalue weighted by atomic mass is 10.0. The van der Waals surface area contributed by atoms with Gasteiger partial charge in [-0.25, -0.2) is 4.90 Å². The van der Waals surface area contributed by atoms with E-state index in [4.69, 9.17) is 13.1 Å². The second kappa shape index (κ2) is 8.04. The molecule has 2 aliphatic rings. The summed E-state index contributed by atoms with van der Waals surface area (Å²) in [4.78, 5) is 3.88. The van der Waals surface area contributed by atoms with Crippen molar-refractivity contribution in [2.24, 2.45) is 0 Å². The lowest BCUT2D eigenvalue weighted by Gasteiger charge is -2.51. The fourth-order valence-corrected chi connectivity index (χ4v) is 4.78. The minimum absolute atomic E-state index is 0.371. The zero-order valence-electron chi connectivity index (χ0n) is 16.7. The van der Waals surface area contributed by atoms with Crippen LogP contribution in [0.2, 0.25) is 0 Å². The van der Waals surface area contributed by atoms with E-state index in [0.717, 1.165) is 24.3 Å². The van der Waals surface area contributed by atoms with Crippen LogP contribution in [0.5, 0.6) is 5.75 Å². The van der Waals surface area contributed by atoms with Crippen molar-refractivity contribution in [1.82, 2.24) is 9.80 Å². The SMILES string of the molecule is Cc1ccc(OCCN2CCN(C)CC23OS(=O)(=O)O3)c(Cc2ccccc2)c1. The number of ether oxygens (including phenoxy) is 1. The van der Waals surface area contributed by atoms with Crippen LogP contribution in [0.25, 0.3) is 0 Å². The number of hydrogen-bond donors (Lipinski definition) is 0. The van der Waals surface area contributed by atoms with E-state index >= 15 is 0 Å². The number of piperazine rings is 1. The minimum Gasteiger partial charge on any atom is -0.492 e. The minimum atomic E-state index is -3.88. The van der Waals surface area contributed by atoms with Gasteiger partial charge in [-0.15, -0.1) is 0 Å². The van der Waals surface area contributed by atoms with E-state index in [1.54, 1.807) is 0 Å². The molecule has 2 aromatic carbocycles. The predicted molar refractivity (Wildman–Crippen MR) is 109 cm³/mol. The second-order valence-electron chi connectivity index (χ2n) is 7.63. The standard InChI is InChI=1S/C21H26N2O5S/c1-17-8-9-20(19(14-17)15-18-6-4-3-5-7-18)26-13-12-23-11-10-22(2)16-21(23)27-29(24,25)28-21/h3-9,14H,10-13,15-16H2,1-2H3.